The molecule has 1 amide bonds. The summed E-state index contributed by atoms with van der Waals surface area (Å²) in [6, 6.07) is 23.0. The molecule has 0 aliphatic rings. The maximum absolute atomic E-state index is 13.2. The van der Waals surface area contributed by atoms with Gasteiger partial charge in [0.25, 0.3) is 5.91 Å². The predicted octanol–water partition coefficient (Wildman–Crippen LogP) is 5.38. The van der Waals surface area contributed by atoms with Crippen molar-refractivity contribution in [2.24, 2.45) is 0 Å². The third kappa shape index (κ3) is 4.52. The Balaban J connectivity index is 1.66. The van der Waals surface area contributed by atoms with Crippen LogP contribution in [0.5, 0.6) is 5.75 Å². The Kier molecular flexibility index (Phi) is 6.00. The zero-order valence-corrected chi connectivity index (χ0v) is 17.4. The maximum atomic E-state index is 13.2. The van der Waals surface area contributed by atoms with E-state index < -0.39 is 5.91 Å². The third-order valence-electron chi connectivity index (χ3n) is 5.08. The number of carbonyl (C=O) groups is 1. The molecule has 0 spiro atoms. The minimum absolute atomic E-state index is 0.0162. The molecular weight excluding hydrogens is 405 g/mol. The predicted molar refractivity (Wildman–Crippen MR) is 123 cm³/mol. The average Bonchev–Trinajstić information content (AvgIpc) is 3.16. The number of anilines is 1. The lowest BCUT2D eigenvalue weighted by atomic mass is 10.1. The molecule has 4 rings (SSSR count). The number of aromatic nitrogens is 1. The number of para-hydroxylation sites is 1. The lowest BCUT2D eigenvalue weighted by Gasteiger charge is -2.06. The Hall–Kier alpha value is -4.37. The van der Waals surface area contributed by atoms with Crippen molar-refractivity contribution in [3.63, 3.8) is 0 Å². The lowest BCUT2D eigenvalue weighted by Crippen LogP contribution is -2.13. The van der Waals surface area contributed by atoms with Gasteiger partial charge in [0, 0.05) is 41.0 Å². The van der Waals surface area contributed by atoms with Gasteiger partial charge in [-0.1, -0.05) is 36.4 Å². The number of rotatable bonds is 6. The topological polar surface area (TPSA) is 67.0 Å². The molecule has 0 aliphatic carbocycles. The fraction of sp³-hybridized carbons (Fsp3) is 0.0769. The van der Waals surface area contributed by atoms with Gasteiger partial charge in [-0.15, -0.1) is 0 Å². The van der Waals surface area contributed by atoms with Crippen LogP contribution in [0.4, 0.5) is 10.1 Å². The zero-order chi connectivity index (χ0) is 22.5. The summed E-state index contributed by atoms with van der Waals surface area (Å²) in [4.78, 5) is 12.7. The number of methoxy groups -OCH3 is 1. The van der Waals surface area contributed by atoms with Gasteiger partial charge in [-0.05, 0) is 42.0 Å². The van der Waals surface area contributed by atoms with Crippen LogP contribution in [0.1, 0.15) is 11.1 Å². The van der Waals surface area contributed by atoms with Crippen LogP contribution >= 0.6 is 0 Å². The number of nitrogens with one attached hydrogen (secondary N) is 1. The van der Waals surface area contributed by atoms with Gasteiger partial charge in [0.05, 0.1) is 7.11 Å². The second-order valence-corrected chi connectivity index (χ2v) is 7.21. The number of nitrogens with zero attached hydrogens (tertiary/aromatic N) is 2. The molecule has 0 saturated heterocycles. The van der Waals surface area contributed by atoms with Crippen LogP contribution in [0.3, 0.4) is 0 Å². The number of fused-ring (bicyclic) bond motifs is 1. The van der Waals surface area contributed by atoms with Crippen LogP contribution in [0.15, 0.2) is 84.6 Å². The Morgan fingerprint density at radius 2 is 1.91 bits per heavy atom. The molecule has 0 saturated carbocycles. The Morgan fingerprint density at radius 3 is 2.66 bits per heavy atom. The zero-order valence-electron chi connectivity index (χ0n) is 17.4. The summed E-state index contributed by atoms with van der Waals surface area (Å²) >= 11 is 0. The van der Waals surface area contributed by atoms with E-state index in [9.17, 15) is 14.4 Å². The molecule has 158 valence electrons. The Morgan fingerprint density at radius 1 is 1.12 bits per heavy atom. The van der Waals surface area contributed by atoms with E-state index >= 15 is 0 Å². The van der Waals surface area contributed by atoms with Crippen molar-refractivity contribution in [2.45, 2.75) is 6.54 Å². The lowest BCUT2D eigenvalue weighted by molar-refractivity contribution is -0.112. The second kappa shape index (κ2) is 9.19. The summed E-state index contributed by atoms with van der Waals surface area (Å²) < 4.78 is 20.4. The molecule has 1 aromatic heterocycles. The average molecular weight is 425 g/mol. The normalized spacial score (nSPS) is 11.2. The van der Waals surface area contributed by atoms with Crippen LogP contribution in [0.2, 0.25) is 0 Å². The molecule has 0 bridgehead atoms. The summed E-state index contributed by atoms with van der Waals surface area (Å²) in [5, 5.41) is 13.3. The third-order valence-corrected chi connectivity index (χ3v) is 5.08. The molecule has 0 radical (unpaired) electrons. The van der Waals surface area contributed by atoms with Gasteiger partial charge in [-0.3, -0.25) is 4.79 Å². The van der Waals surface area contributed by atoms with Crippen LogP contribution in [-0.4, -0.2) is 17.6 Å². The molecule has 3 aromatic carbocycles. The van der Waals surface area contributed by atoms with Crippen molar-refractivity contribution in [3.8, 4) is 11.8 Å². The van der Waals surface area contributed by atoms with E-state index in [0.29, 0.717) is 18.0 Å². The molecule has 0 aliphatic heterocycles. The van der Waals surface area contributed by atoms with E-state index in [1.54, 1.807) is 49.6 Å². The van der Waals surface area contributed by atoms with Crippen molar-refractivity contribution in [1.29, 1.82) is 5.26 Å². The first kappa shape index (κ1) is 20.9. The summed E-state index contributed by atoms with van der Waals surface area (Å²) in [6.07, 6.45) is 3.48. The van der Waals surface area contributed by atoms with Crippen molar-refractivity contribution in [3.05, 3.63) is 102 Å². The minimum Gasteiger partial charge on any atom is -0.497 e. The van der Waals surface area contributed by atoms with Crippen LogP contribution in [0, 0.1) is 17.1 Å². The number of carbonyl (C=O) groups excluding carboxylic acids is 1. The molecule has 5 nitrogen and oxygen atoms in total. The van der Waals surface area contributed by atoms with Crippen LogP contribution < -0.4 is 10.1 Å². The molecule has 1 heterocycles. The molecule has 0 unspecified atom stereocenters. The first-order valence-electron chi connectivity index (χ1n) is 9.97. The summed E-state index contributed by atoms with van der Waals surface area (Å²) in [5.41, 5.74) is 3.17. The monoisotopic (exact) mass is 425 g/mol. The van der Waals surface area contributed by atoms with Gasteiger partial charge < -0.3 is 14.6 Å². The van der Waals surface area contributed by atoms with Gasteiger partial charge in [0.2, 0.25) is 0 Å². The highest BCUT2D eigenvalue weighted by Gasteiger charge is 2.13. The van der Waals surface area contributed by atoms with Gasteiger partial charge in [-0.25, -0.2) is 4.39 Å². The number of halogens is 1. The second-order valence-electron chi connectivity index (χ2n) is 7.21. The van der Waals surface area contributed by atoms with Crippen molar-refractivity contribution in [2.75, 3.05) is 12.4 Å². The molecular formula is C26H20FN3O2. The van der Waals surface area contributed by atoms with Gasteiger partial charge in [-0.2, -0.15) is 5.26 Å². The SMILES string of the molecule is COc1cccc(NC(=O)/C(C#N)=C/c2cn(Cc3ccc(F)cc3)c3ccccc23)c1. The summed E-state index contributed by atoms with van der Waals surface area (Å²) in [7, 11) is 1.54. The molecule has 0 atom stereocenters. The van der Waals surface area contributed by atoms with Gasteiger partial charge >= 0.3 is 0 Å². The van der Waals surface area contributed by atoms with E-state index in [0.717, 1.165) is 22.0 Å². The highest BCUT2D eigenvalue weighted by atomic mass is 19.1. The van der Waals surface area contributed by atoms with E-state index in [4.69, 9.17) is 4.74 Å². The van der Waals surface area contributed by atoms with Gasteiger partial charge in [0.1, 0.15) is 23.2 Å². The van der Waals surface area contributed by atoms with Crippen LogP contribution in [-0.2, 0) is 11.3 Å². The van der Waals surface area contributed by atoms with E-state index in [1.807, 2.05) is 41.1 Å². The first-order chi connectivity index (χ1) is 15.6. The number of benzene rings is 3. The number of hydrogen-bond acceptors (Lipinski definition) is 3. The Bertz CT molecular complexity index is 1350. The number of ether oxygens (including phenoxy) is 1. The smallest absolute Gasteiger partial charge is 0.266 e. The molecule has 1 N–H and O–H groups in total. The van der Waals surface area contributed by atoms with Crippen molar-refractivity contribution in [1.82, 2.24) is 4.57 Å². The largest absolute Gasteiger partial charge is 0.497 e. The quantitative estimate of drug-likeness (QED) is 0.333. The molecule has 0 fully saturated rings. The number of hydrogen-bond donors (Lipinski definition) is 1. The molecule has 4 aromatic rings. The standard InChI is InChI=1S/C26H20FN3O2/c1-32-23-6-4-5-22(14-23)29-26(31)19(15-28)13-20-17-30(25-8-3-2-7-24(20)25)16-18-9-11-21(27)12-10-18/h2-14,17H,16H2,1H3,(H,29,31)/b19-13+. The van der Waals surface area contributed by atoms with Gasteiger partial charge in [0.15, 0.2) is 0 Å². The minimum atomic E-state index is -0.504. The highest BCUT2D eigenvalue weighted by Crippen LogP contribution is 2.25. The van der Waals surface area contributed by atoms with E-state index in [1.165, 1.54) is 12.1 Å². The fourth-order valence-electron chi connectivity index (χ4n) is 3.51. The van der Waals surface area contributed by atoms with Crippen molar-refractivity contribution < 1.29 is 13.9 Å². The molecule has 32 heavy (non-hydrogen) atoms. The van der Waals surface area contributed by atoms with Crippen molar-refractivity contribution >= 4 is 28.6 Å². The summed E-state index contributed by atoms with van der Waals surface area (Å²) in [5.74, 6) is -0.180. The number of amides is 1. The highest BCUT2D eigenvalue weighted by molar-refractivity contribution is 6.10. The first-order valence-corrected chi connectivity index (χ1v) is 9.97. The van der Waals surface area contributed by atoms with E-state index in [-0.39, 0.29) is 11.4 Å². The summed E-state index contributed by atoms with van der Waals surface area (Å²) in [6.45, 7) is 0.534. The molecule has 6 heteroatoms. The fourth-order valence-corrected chi connectivity index (χ4v) is 3.51. The maximum Gasteiger partial charge on any atom is 0.266 e. The Labute approximate surface area is 185 Å². The number of nitriles is 1. The van der Waals surface area contributed by atoms with Crippen LogP contribution in [0.25, 0.3) is 17.0 Å². The van der Waals surface area contributed by atoms with E-state index in [2.05, 4.69) is 5.32 Å².